The number of thiazole rings is 1. The monoisotopic (exact) mass is 241 g/mol. The van der Waals surface area contributed by atoms with Gasteiger partial charge in [0.1, 0.15) is 5.69 Å². The number of hydrogen-bond donors (Lipinski definition) is 2. The summed E-state index contributed by atoms with van der Waals surface area (Å²) in [7, 11) is 0. The number of carbonyl (C=O) groups is 1. The lowest BCUT2D eigenvalue weighted by Gasteiger charge is -2.08. The normalized spacial score (nSPS) is 19.9. The van der Waals surface area contributed by atoms with Gasteiger partial charge in [-0.2, -0.15) is 0 Å². The Hall–Kier alpha value is -0.980. The van der Waals surface area contributed by atoms with Crippen LogP contribution in [0, 0.1) is 0 Å². The fraction of sp³-hybridized carbons (Fsp3) is 0.600. The third-order valence-electron chi connectivity index (χ3n) is 2.41. The Morgan fingerprint density at radius 1 is 1.75 bits per heavy atom. The van der Waals surface area contributed by atoms with E-state index in [1.54, 1.807) is 5.38 Å². The van der Waals surface area contributed by atoms with Crippen molar-refractivity contribution in [3.8, 4) is 0 Å². The zero-order chi connectivity index (χ0) is 11.4. The van der Waals surface area contributed by atoms with Gasteiger partial charge in [-0.1, -0.05) is 0 Å². The molecule has 0 radical (unpaired) electrons. The predicted octanol–water partition coefficient (Wildman–Crippen LogP) is 0.163. The summed E-state index contributed by atoms with van der Waals surface area (Å²) in [5.74, 6) is -0.116. The minimum absolute atomic E-state index is 0.116. The topological polar surface area (TPSA) is 77.2 Å². The quantitative estimate of drug-likeness (QED) is 0.787. The van der Waals surface area contributed by atoms with Gasteiger partial charge in [0.25, 0.3) is 5.91 Å². The summed E-state index contributed by atoms with van der Waals surface area (Å²) in [4.78, 5) is 16.0. The van der Waals surface area contributed by atoms with Gasteiger partial charge in [0, 0.05) is 18.4 Å². The van der Waals surface area contributed by atoms with Crippen molar-refractivity contribution in [2.45, 2.75) is 18.9 Å². The van der Waals surface area contributed by atoms with Gasteiger partial charge in [0.05, 0.1) is 17.7 Å². The molecule has 0 aromatic carbocycles. The first-order valence-corrected chi connectivity index (χ1v) is 6.20. The van der Waals surface area contributed by atoms with Crippen molar-refractivity contribution >= 4 is 17.2 Å². The maximum Gasteiger partial charge on any atom is 0.271 e. The van der Waals surface area contributed by atoms with Gasteiger partial charge in [-0.3, -0.25) is 4.79 Å². The lowest BCUT2D eigenvalue weighted by molar-refractivity contribution is 0.0925. The second-order valence-corrected chi connectivity index (χ2v) is 4.64. The van der Waals surface area contributed by atoms with Crippen LogP contribution >= 0.6 is 11.3 Å². The molecule has 1 aromatic heterocycles. The fourth-order valence-corrected chi connectivity index (χ4v) is 2.36. The smallest absolute Gasteiger partial charge is 0.271 e. The number of carbonyl (C=O) groups excluding carboxylic acids is 1. The van der Waals surface area contributed by atoms with Gasteiger partial charge < -0.3 is 15.8 Å². The van der Waals surface area contributed by atoms with E-state index in [0.29, 0.717) is 18.8 Å². The van der Waals surface area contributed by atoms with Crippen LogP contribution in [0.2, 0.25) is 0 Å². The van der Waals surface area contributed by atoms with Crippen molar-refractivity contribution in [1.82, 2.24) is 10.3 Å². The Bertz CT molecular complexity index is 361. The molecule has 0 saturated carbocycles. The summed E-state index contributed by atoms with van der Waals surface area (Å²) in [5.41, 5.74) is 5.91. The molecule has 6 heteroatoms. The molecule has 1 unspecified atom stereocenters. The molecule has 1 aromatic rings. The van der Waals surface area contributed by atoms with Gasteiger partial charge in [0.15, 0.2) is 0 Å². The summed E-state index contributed by atoms with van der Waals surface area (Å²) < 4.78 is 5.19. The van der Waals surface area contributed by atoms with Crippen LogP contribution in [-0.4, -0.2) is 36.7 Å². The molecule has 1 atom stereocenters. The molecular weight excluding hydrogens is 226 g/mol. The van der Waals surface area contributed by atoms with Crippen LogP contribution < -0.4 is 11.1 Å². The molecule has 1 fully saturated rings. The largest absolute Gasteiger partial charge is 0.379 e. The highest BCUT2D eigenvalue weighted by Crippen LogP contribution is 2.11. The summed E-state index contributed by atoms with van der Waals surface area (Å²) in [5, 5.41) is 5.59. The molecular formula is C10H15N3O2S. The van der Waals surface area contributed by atoms with E-state index in [9.17, 15) is 4.79 Å². The molecule has 2 heterocycles. The van der Waals surface area contributed by atoms with Crippen molar-refractivity contribution in [2.24, 2.45) is 5.73 Å². The van der Waals surface area contributed by atoms with Gasteiger partial charge in [-0.15, -0.1) is 11.3 Å². The zero-order valence-corrected chi connectivity index (χ0v) is 9.76. The van der Waals surface area contributed by atoms with E-state index in [1.807, 2.05) is 0 Å². The van der Waals surface area contributed by atoms with E-state index < -0.39 is 0 Å². The number of nitrogens with zero attached hydrogens (tertiary/aromatic N) is 1. The number of aromatic nitrogens is 1. The molecule has 2 rings (SSSR count). The Morgan fingerprint density at radius 2 is 2.62 bits per heavy atom. The average Bonchev–Trinajstić information content (AvgIpc) is 2.89. The van der Waals surface area contributed by atoms with E-state index in [1.165, 1.54) is 11.3 Å². The average molecular weight is 241 g/mol. The molecule has 3 N–H and O–H groups in total. The molecule has 1 saturated heterocycles. The highest BCUT2D eigenvalue weighted by molar-refractivity contribution is 7.09. The van der Waals surface area contributed by atoms with E-state index >= 15 is 0 Å². The second-order valence-electron chi connectivity index (χ2n) is 3.70. The Kier molecular flexibility index (Phi) is 3.87. The third-order valence-corrected chi connectivity index (χ3v) is 3.32. The lowest BCUT2D eigenvalue weighted by atomic mass is 10.2. The van der Waals surface area contributed by atoms with Crippen molar-refractivity contribution < 1.29 is 9.53 Å². The van der Waals surface area contributed by atoms with Crippen LogP contribution in [0.3, 0.4) is 0 Å². The number of amides is 1. The van der Waals surface area contributed by atoms with Gasteiger partial charge in [0.2, 0.25) is 0 Å². The predicted molar refractivity (Wildman–Crippen MR) is 61.6 cm³/mol. The number of ether oxygens (including phenoxy) is 1. The van der Waals surface area contributed by atoms with Crippen LogP contribution in [0.1, 0.15) is 21.9 Å². The molecule has 88 valence electrons. The minimum Gasteiger partial charge on any atom is -0.379 e. The Balaban J connectivity index is 1.91. The van der Waals surface area contributed by atoms with Crippen molar-refractivity contribution in [1.29, 1.82) is 0 Å². The number of hydrogen-bond acceptors (Lipinski definition) is 5. The van der Waals surface area contributed by atoms with Gasteiger partial charge >= 0.3 is 0 Å². The van der Waals surface area contributed by atoms with Crippen molar-refractivity contribution in [3.63, 3.8) is 0 Å². The minimum atomic E-state index is -0.116. The van der Waals surface area contributed by atoms with Gasteiger partial charge in [-0.05, 0) is 13.0 Å². The highest BCUT2D eigenvalue weighted by Gasteiger charge is 2.19. The summed E-state index contributed by atoms with van der Waals surface area (Å²) in [6.45, 7) is 1.89. The molecule has 1 aliphatic heterocycles. The van der Waals surface area contributed by atoms with Crippen LogP contribution in [0.25, 0.3) is 0 Å². The third kappa shape index (κ3) is 2.78. The summed E-state index contributed by atoms with van der Waals surface area (Å²) >= 11 is 1.48. The standard InChI is InChI=1S/C10H15N3O2S/c11-3-1-9-13-8(6-16-9)10(14)12-7-2-4-15-5-7/h6-7H,1-5,11H2,(H,12,14). The van der Waals surface area contributed by atoms with Crippen molar-refractivity contribution in [3.05, 3.63) is 16.1 Å². The SMILES string of the molecule is NCCc1nc(C(=O)NC2CCOC2)cs1. The van der Waals surface area contributed by atoms with Crippen molar-refractivity contribution in [2.75, 3.05) is 19.8 Å². The molecule has 0 bridgehead atoms. The van der Waals surface area contributed by atoms with E-state index in [4.69, 9.17) is 10.5 Å². The van der Waals surface area contributed by atoms with E-state index in [-0.39, 0.29) is 11.9 Å². The molecule has 1 aliphatic rings. The Morgan fingerprint density at radius 3 is 3.31 bits per heavy atom. The molecule has 5 nitrogen and oxygen atoms in total. The fourth-order valence-electron chi connectivity index (χ4n) is 1.56. The van der Waals surface area contributed by atoms with Gasteiger partial charge in [-0.25, -0.2) is 4.98 Å². The van der Waals surface area contributed by atoms with Crippen LogP contribution in [0.4, 0.5) is 0 Å². The molecule has 1 amide bonds. The lowest BCUT2D eigenvalue weighted by Crippen LogP contribution is -2.35. The number of rotatable bonds is 4. The first-order valence-electron chi connectivity index (χ1n) is 5.32. The number of nitrogens with one attached hydrogen (secondary N) is 1. The van der Waals surface area contributed by atoms with E-state index in [2.05, 4.69) is 10.3 Å². The molecule has 0 spiro atoms. The zero-order valence-electron chi connectivity index (χ0n) is 8.94. The number of nitrogens with two attached hydrogens (primary N) is 1. The first kappa shape index (κ1) is 11.5. The maximum absolute atomic E-state index is 11.8. The van der Waals surface area contributed by atoms with Crippen LogP contribution in [0.5, 0.6) is 0 Å². The van der Waals surface area contributed by atoms with Crippen LogP contribution in [0.15, 0.2) is 5.38 Å². The molecule has 16 heavy (non-hydrogen) atoms. The molecule has 0 aliphatic carbocycles. The summed E-state index contributed by atoms with van der Waals surface area (Å²) in [6, 6.07) is 0.132. The van der Waals surface area contributed by atoms with Crippen LogP contribution in [-0.2, 0) is 11.2 Å². The second kappa shape index (κ2) is 5.38. The summed E-state index contributed by atoms with van der Waals surface area (Å²) in [6.07, 6.45) is 1.61. The Labute approximate surface area is 98.0 Å². The maximum atomic E-state index is 11.8. The first-order chi connectivity index (χ1) is 7.79. The highest BCUT2D eigenvalue weighted by atomic mass is 32.1. The van der Waals surface area contributed by atoms with E-state index in [0.717, 1.165) is 24.5 Å².